The van der Waals surface area contributed by atoms with Crippen LogP contribution < -0.4 is 10.6 Å². The molecule has 0 heterocycles. The molecule has 1 aliphatic rings. The van der Waals surface area contributed by atoms with Gasteiger partial charge in [-0.1, -0.05) is 0 Å². The Morgan fingerprint density at radius 2 is 1.55 bits per heavy atom. The maximum absolute atomic E-state index is 11.7. The van der Waals surface area contributed by atoms with E-state index in [1.54, 1.807) is 0 Å². The van der Waals surface area contributed by atoms with Gasteiger partial charge in [-0.05, 0) is 46.5 Å². The van der Waals surface area contributed by atoms with Crippen molar-refractivity contribution in [3.8, 4) is 0 Å². The number of nitrogens with one attached hydrogen (secondary N) is 2. The Bertz CT molecular complexity index is 331. The van der Waals surface area contributed by atoms with Crippen molar-refractivity contribution in [2.75, 3.05) is 13.7 Å². The third kappa shape index (κ3) is 6.75. The molecule has 1 saturated carbocycles. The van der Waals surface area contributed by atoms with E-state index in [1.165, 1.54) is 7.11 Å². The molecule has 0 radical (unpaired) electrons. The summed E-state index contributed by atoms with van der Waals surface area (Å²) in [7, 11) is 1.50. The molecule has 1 rings (SSSR count). The topological polar surface area (TPSA) is 76.7 Å². The molecule has 0 unspecified atom stereocenters. The Morgan fingerprint density at radius 3 is 2.00 bits per heavy atom. The van der Waals surface area contributed by atoms with Crippen LogP contribution in [0.2, 0.25) is 0 Å². The second-order valence-electron chi connectivity index (χ2n) is 6.20. The van der Waals surface area contributed by atoms with Gasteiger partial charge < -0.3 is 20.1 Å². The van der Waals surface area contributed by atoms with Crippen molar-refractivity contribution < 1.29 is 19.1 Å². The number of carbonyl (C=O) groups excluding carboxylic acids is 2. The van der Waals surface area contributed by atoms with Gasteiger partial charge in [0, 0.05) is 19.2 Å². The van der Waals surface area contributed by atoms with Crippen LogP contribution in [0.25, 0.3) is 0 Å². The Morgan fingerprint density at radius 1 is 1.05 bits per heavy atom. The molecule has 1 fully saturated rings. The first kappa shape index (κ1) is 16.8. The molecular weight excluding hydrogens is 260 g/mol. The van der Waals surface area contributed by atoms with Crippen molar-refractivity contribution in [3.63, 3.8) is 0 Å². The van der Waals surface area contributed by atoms with E-state index >= 15 is 0 Å². The highest BCUT2D eigenvalue weighted by molar-refractivity contribution is 5.77. The quantitative estimate of drug-likeness (QED) is 0.822. The van der Waals surface area contributed by atoms with E-state index in [0.717, 1.165) is 25.7 Å². The van der Waals surface area contributed by atoms with E-state index in [4.69, 9.17) is 9.47 Å². The van der Waals surface area contributed by atoms with Crippen LogP contribution in [-0.2, 0) is 14.3 Å². The van der Waals surface area contributed by atoms with Crippen LogP contribution in [0.4, 0.5) is 4.79 Å². The van der Waals surface area contributed by atoms with E-state index in [0.29, 0.717) is 0 Å². The normalized spacial score (nSPS) is 23.0. The number of hydrogen-bond donors (Lipinski definition) is 2. The van der Waals surface area contributed by atoms with Gasteiger partial charge in [0.15, 0.2) is 0 Å². The predicted octanol–water partition coefficient (Wildman–Crippen LogP) is 1.58. The summed E-state index contributed by atoms with van der Waals surface area (Å²) in [5.74, 6) is -0.0870. The highest BCUT2D eigenvalue weighted by Crippen LogP contribution is 2.19. The second-order valence-corrected chi connectivity index (χ2v) is 6.20. The predicted molar refractivity (Wildman–Crippen MR) is 75.4 cm³/mol. The third-order valence-corrected chi connectivity index (χ3v) is 3.09. The molecule has 2 amide bonds. The molecule has 6 heteroatoms. The van der Waals surface area contributed by atoms with Gasteiger partial charge in [0.05, 0.1) is 0 Å². The monoisotopic (exact) mass is 286 g/mol. The number of amides is 2. The van der Waals surface area contributed by atoms with E-state index in [1.807, 2.05) is 20.8 Å². The fourth-order valence-corrected chi connectivity index (χ4v) is 2.26. The van der Waals surface area contributed by atoms with Gasteiger partial charge in [0.25, 0.3) is 0 Å². The van der Waals surface area contributed by atoms with Crippen molar-refractivity contribution in [2.45, 2.75) is 64.1 Å². The smallest absolute Gasteiger partial charge is 0.407 e. The summed E-state index contributed by atoms with van der Waals surface area (Å²) >= 11 is 0. The van der Waals surface area contributed by atoms with Crippen LogP contribution in [0.1, 0.15) is 46.5 Å². The lowest BCUT2D eigenvalue weighted by Gasteiger charge is -2.30. The summed E-state index contributed by atoms with van der Waals surface area (Å²) in [6.45, 7) is 5.62. The first-order valence-electron chi connectivity index (χ1n) is 7.08. The Hall–Kier alpha value is -1.30. The Balaban J connectivity index is 2.25. The summed E-state index contributed by atoms with van der Waals surface area (Å²) < 4.78 is 10.0. The minimum Gasteiger partial charge on any atom is -0.444 e. The Labute approximate surface area is 120 Å². The van der Waals surface area contributed by atoms with Gasteiger partial charge >= 0.3 is 6.09 Å². The molecule has 0 aromatic carbocycles. The highest BCUT2D eigenvalue weighted by atomic mass is 16.6. The van der Waals surface area contributed by atoms with E-state index in [2.05, 4.69) is 10.6 Å². The van der Waals surface area contributed by atoms with Crippen LogP contribution >= 0.6 is 0 Å². The number of alkyl carbamates (subject to hydrolysis) is 1. The van der Waals surface area contributed by atoms with Gasteiger partial charge in [-0.25, -0.2) is 4.79 Å². The molecular formula is C14H26N2O4. The number of ether oxygens (including phenoxy) is 2. The zero-order chi connectivity index (χ0) is 15.2. The van der Waals surface area contributed by atoms with E-state index in [9.17, 15) is 9.59 Å². The molecule has 116 valence electrons. The molecule has 1 aliphatic carbocycles. The summed E-state index contributed by atoms with van der Waals surface area (Å²) in [5.41, 5.74) is -0.477. The largest absolute Gasteiger partial charge is 0.444 e. The molecule has 0 aromatic heterocycles. The molecule has 0 saturated heterocycles. The summed E-state index contributed by atoms with van der Waals surface area (Å²) in [6, 6.07) is 0.301. The highest BCUT2D eigenvalue weighted by Gasteiger charge is 2.25. The van der Waals surface area contributed by atoms with Gasteiger partial charge in [0.1, 0.15) is 12.2 Å². The molecule has 2 N–H and O–H groups in total. The second kappa shape index (κ2) is 7.47. The van der Waals surface area contributed by atoms with Crippen molar-refractivity contribution in [1.82, 2.24) is 10.6 Å². The fraction of sp³-hybridized carbons (Fsp3) is 0.857. The molecule has 0 atom stereocenters. The third-order valence-electron chi connectivity index (χ3n) is 3.09. The first-order valence-corrected chi connectivity index (χ1v) is 7.08. The molecule has 0 bridgehead atoms. The molecule has 20 heavy (non-hydrogen) atoms. The lowest BCUT2D eigenvalue weighted by molar-refractivity contribution is -0.125. The van der Waals surface area contributed by atoms with E-state index in [-0.39, 0.29) is 30.7 Å². The molecule has 0 aliphatic heterocycles. The minimum atomic E-state index is -0.477. The fourth-order valence-electron chi connectivity index (χ4n) is 2.26. The standard InChI is InChI=1S/C14H26N2O4/c1-14(2,3)20-13(18)16-11-7-5-10(6-8-11)15-12(17)9-19-4/h10-11H,5-9H2,1-4H3,(H,15,17)(H,16,18)/t10-,11-. The lowest BCUT2D eigenvalue weighted by atomic mass is 9.91. The molecule has 0 spiro atoms. The van der Waals surface area contributed by atoms with Crippen LogP contribution in [0.5, 0.6) is 0 Å². The molecule has 0 aromatic rings. The van der Waals surface area contributed by atoms with Crippen LogP contribution in [0.15, 0.2) is 0 Å². The lowest BCUT2D eigenvalue weighted by Crippen LogP contribution is -2.45. The van der Waals surface area contributed by atoms with Gasteiger partial charge in [-0.2, -0.15) is 0 Å². The average molecular weight is 286 g/mol. The minimum absolute atomic E-state index is 0.0870. The summed E-state index contributed by atoms with van der Waals surface area (Å²) in [6.07, 6.45) is 3.03. The Kier molecular flexibility index (Phi) is 6.26. The van der Waals surface area contributed by atoms with Crippen molar-refractivity contribution >= 4 is 12.0 Å². The van der Waals surface area contributed by atoms with Crippen molar-refractivity contribution in [2.24, 2.45) is 0 Å². The van der Waals surface area contributed by atoms with Crippen molar-refractivity contribution in [3.05, 3.63) is 0 Å². The summed E-state index contributed by atoms with van der Waals surface area (Å²) in [5, 5.41) is 5.80. The SMILES string of the molecule is COCC(=O)N[C@H]1CC[C@H](NC(=O)OC(C)(C)C)CC1. The number of carbonyl (C=O) groups is 2. The van der Waals surface area contributed by atoms with E-state index < -0.39 is 5.60 Å². The molecule has 6 nitrogen and oxygen atoms in total. The number of rotatable bonds is 4. The van der Waals surface area contributed by atoms with Gasteiger partial charge in [-0.15, -0.1) is 0 Å². The zero-order valence-electron chi connectivity index (χ0n) is 12.8. The van der Waals surface area contributed by atoms with Crippen molar-refractivity contribution in [1.29, 1.82) is 0 Å². The van der Waals surface area contributed by atoms with Crippen LogP contribution in [0.3, 0.4) is 0 Å². The van der Waals surface area contributed by atoms with Gasteiger partial charge in [0.2, 0.25) is 5.91 Å². The van der Waals surface area contributed by atoms with Gasteiger partial charge in [-0.3, -0.25) is 4.79 Å². The first-order chi connectivity index (χ1) is 9.30. The van der Waals surface area contributed by atoms with Crippen LogP contribution in [-0.4, -0.2) is 43.4 Å². The maximum atomic E-state index is 11.7. The number of methoxy groups -OCH3 is 1. The number of hydrogen-bond acceptors (Lipinski definition) is 4. The maximum Gasteiger partial charge on any atom is 0.407 e. The average Bonchev–Trinajstić information content (AvgIpc) is 2.29. The van der Waals surface area contributed by atoms with Crippen LogP contribution in [0, 0.1) is 0 Å². The zero-order valence-corrected chi connectivity index (χ0v) is 12.8. The summed E-state index contributed by atoms with van der Waals surface area (Å²) in [4.78, 5) is 23.1.